The molecule has 1 heterocycles. The molecule has 0 atom stereocenters. The molecule has 0 aliphatic heterocycles. The van der Waals surface area contributed by atoms with E-state index in [1.54, 1.807) is 20.3 Å². The monoisotopic (exact) mass is 372 g/mol. The first-order valence-electron chi connectivity index (χ1n) is 8.17. The highest BCUT2D eigenvalue weighted by Crippen LogP contribution is 2.38. The Morgan fingerprint density at radius 1 is 1.08 bits per heavy atom. The normalized spacial score (nSPS) is 10.6. The Bertz CT molecular complexity index is 865. The maximum Gasteiger partial charge on any atom is 0.230 e. The molecule has 1 aromatic heterocycles. The van der Waals surface area contributed by atoms with Gasteiger partial charge in [-0.25, -0.2) is 4.98 Å². The number of aromatic nitrogens is 1. The Balaban J connectivity index is 1.74. The number of thiazole rings is 1. The third-order valence-electron chi connectivity index (χ3n) is 3.76. The van der Waals surface area contributed by atoms with Gasteiger partial charge in [0.15, 0.2) is 5.13 Å². The third kappa shape index (κ3) is 3.88. The molecule has 2 aromatic carbocycles. The van der Waals surface area contributed by atoms with Gasteiger partial charge >= 0.3 is 0 Å². The number of anilines is 1. The average Bonchev–Trinajstić information content (AvgIpc) is 3.06. The fraction of sp³-hybridized carbons (Fsp3) is 0.263. The fourth-order valence-electron chi connectivity index (χ4n) is 2.56. The van der Waals surface area contributed by atoms with Gasteiger partial charge in [0.05, 0.1) is 27.2 Å². The van der Waals surface area contributed by atoms with E-state index in [1.165, 1.54) is 11.3 Å². The molecule has 7 heteroatoms. The minimum Gasteiger partial charge on any atom is -0.495 e. The lowest BCUT2D eigenvalue weighted by Crippen LogP contribution is -2.14. The highest BCUT2D eigenvalue weighted by atomic mass is 32.1. The molecule has 0 saturated carbocycles. The molecule has 136 valence electrons. The molecule has 0 bridgehead atoms. The van der Waals surface area contributed by atoms with E-state index in [2.05, 4.69) is 10.3 Å². The second-order valence-corrected chi connectivity index (χ2v) is 6.47. The van der Waals surface area contributed by atoms with Crippen molar-refractivity contribution in [3.05, 3.63) is 42.0 Å². The highest BCUT2D eigenvalue weighted by molar-refractivity contribution is 7.22. The van der Waals surface area contributed by atoms with Crippen molar-refractivity contribution in [2.75, 3.05) is 26.1 Å². The molecule has 1 N–H and O–H groups in total. The van der Waals surface area contributed by atoms with Crippen molar-refractivity contribution in [3.63, 3.8) is 0 Å². The van der Waals surface area contributed by atoms with Gasteiger partial charge in [-0.2, -0.15) is 0 Å². The van der Waals surface area contributed by atoms with E-state index < -0.39 is 0 Å². The molecule has 26 heavy (non-hydrogen) atoms. The van der Waals surface area contributed by atoms with E-state index in [0.717, 1.165) is 16.0 Å². The summed E-state index contributed by atoms with van der Waals surface area (Å²) in [6.45, 7) is 2.55. The summed E-state index contributed by atoms with van der Waals surface area (Å²) < 4.78 is 16.9. The fourth-order valence-corrected chi connectivity index (χ4v) is 3.55. The Hall–Kier alpha value is -2.80. The van der Waals surface area contributed by atoms with Gasteiger partial charge in [0.2, 0.25) is 5.91 Å². The minimum absolute atomic E-state index is 0.133. The summed E-state index contributed by atoms with van der Waals surface area (Å²) in [5.41, 5.74) is 1.58. The maximum atomic E-state index is 12.3. The first-order chi connectivity index (χ1) is 12.6. The maximum absolute atomic E-state index is 12.3. The van der Waals surface area contributed by atoms with Crippen LogP contribution in [0.2, 0.25) is 0 Å². The smallest absolute Gasteiger partial charge is 0.230 e. The van der Waals surface area contributed by atoms with E-state index in [0.29, 0.717) is 28.8 Å². The number of ether oxygens (including phenoxy) is 3. The van der Waals surface area contributed by atoms with Crippen molar-refractivity contribution < 1.29 is 19.0 Å². The Morgan fingerprint density at radius 3 is 2.42 bits per heavy atom. The molecule has 1 amide bonds. The Labute approximate surface area is 155 Å². The largest absolute Gasteiger partial charge is 0.495 e. The van der Waals surface area contributed by atoms with Crippen LogP contribution in [0, 0.1) is 0 Å². The molecule has 0 radical (unpaired) electrons. The van der Waals surface area contributed by atoms with Gasteiger partial charge in [-0.3, -0.25) is 4.79 Å². The van der Waals surface area contributed by atoms with Crippen LogP contribution in [0.5, 0.6) is 17.2 Å². The zero-order chi connectivity index (χ0) is 18.5. The van der Waals surface area contributed by atoms with Gasteiger partial charge in [0, 0.05) is 0 Å². The van der Waals surface area contributed by atoms with E-state index in [1.807, 2.05) is 37.3 Å². The molecule has 0 unspecified atom stereocenters. The van der Waals surface area contributed by atoms with Gasteiger partial charge in [-0.1, -0.05) is 23.5 Å². The van der Waals surface area contributed by atoms with Crippen molar-refractivity contribution in [2.45, 2.75) is 13.3 Å². The Kier molecular flexibility index (Phi) is 5.58. The molecule has 6 nitrogen and oxygen atoms in total. The number of nitrogens with one attached hydrogen (secondary N) is 1. The minimum atomic E-state index is -0.133. The van der Waals surface area contributed by atoms with Crippen LogP contribution in [0.1, 0.15) is 12.5 Å². The zero-order valence-corrected chi connectivity index (χ0v) is 15.7. The molecule has 0 saturated heterocycles. The SMILES string of the molecule is CCOc1ccc(CC(=O)Nc2nc3c(OC)ccc(OC)c3s2)cc1. The molecule has 0 aliphatic carbocycles. The lowest BCUT2D eigenvalue weighted by Gasteiger charge is -2.05. The van der Waals surface area contributed by atoms with Crippen LogP contribution in [0.15, 0.2) is 36.4 Å². The number of nitrogens with zero attached hydrogens (tertiary/aromatic N) is 1. The standard InChI is InChI=1S/C19H20N2O4S/c1-4-25-13-7-5-12(6-8-13)11-16(22)20-19-21-17-14(23-2)9-10-15(24-3)18(17)26-19/h5-10H,4,11H2,1-3H3,(H,20,21,22). The number of fused-ring (bicyclic) bond motifs is 1. The molecule has 3 rings (SSSR count). The molecule has 3 aromatic rings. The number of benzene rings is 2. The molecule has 0 spiro atoms. The number of rotatable bonds is 7. The molecular weight excluding hydrogens is 352 g/mol. The summed E-state index contributed by atoms with van der Waals surface area (Å²) in [6.07, 6.45) is 0.261. The van der Waals surface area contributed by atoms with Crippen LogP contribution in [-0.2, 0) is 11.2 Å². The zero-order valence-electron chi connectivity index (χ0n) is 14.9. The van der Waals surface area contributed by atoms with Gasteiger partial charge < -0.3 is 19.5 Å². The Morgan fingerprint density at radius 2 is 1.77 bits per heavy atom. The number of carbonyl (C=O) groups is 1. The lowest BCUT2D eigenvalue weighted by atomic mass is 10.1. The summed E-state index contributed by atoms with van der Waals surface area (Å²) in [7, 11) is 3.19. The van der Waals surface area contributed by atoms with Gasteiger partial charge in [0.25, 0.3) is 0 Å². The van der Waals surface area contributed by atoms with E-state index >= 15 is 0 Å². The van der Waals surface area contributed by atoms with Crippen molar-refractivity contribution in [1.82, 2.24) is 4.98 Å². The summed E-state index contributed by atoms with van der Waals surface area (Å²) in [6, 6.07) is 11.1. The molecule has 0 fully saturated rings. The van der Waals surface area contributed by atoms with Crippen LogP contribution in [0.3, 0.4) is 0 Å². The highest BCUT2D eigenvalue weighted by Gasteiger charge is 2.15. The second-order valence-electron chi connectivity index (χ2n) is 5.47. The number of carbonyl (C=O) groups excluding carboxylic acids is 1. The quantitative estimate of drug-likeness (QED) is 0.681. The second kappa shape index (κ2) is 8.05. The molecule has 0 aliphatic rings. The van der Waals surface area contributed by atoms with Crippen LogP contribution >= 0.6 is 11.3 Å². The number of methoxy groups -OCH3 is 2. The van der Waals surface area contributed by atoms with Crippen LogP contribution in [-0.4, -0.2) is 31.7 Å². The van der Waals surface area contributed by atoms with Crippen molar-refractivity contribution in [3.8, 4) is 17.2 Å². The van der Waals surface area contributed by atoms with E-state index in [4.69, 9.17) is 14.2 Å². The number of hydrogen-bond acceptors (Lipinski definition) is 6. The van der Waals surface area contributed by atoms with Crippen LogP contribution < -0.4 is 19.5 Å². The van der Waals surface area contributed by atoms with Gasteiger partial charge in [-0.05, 0) is 36.8 Å². The molecular formula is C19H20N2O4S. The first kappa shape index (κ1) is 18.0. The topological polar surface area (TPSA) is 69.7 Å². The predicted octanol–water partition coefficient (Wildman–Crippen LogP) is 3.89. The van der Waals surface area contributed by atoms with Crippen molar-refractivity contribution in [1.29, 1.82) is 0 Å². The van der Waals surface area contributed by atoms with Gasteiger partial charge in [-0.15, -0.1) is 0 Å². The van der Waals surface area contributed by atoms with Gasteiger partial charge in [0.1, 0.15) is 27.5 Å². The lowest BCUT2D eigenvalue weighted by molar-refractivity contribution is -0.115. The van der Waals surface area contributed by atoms with E-state index in [-0.39, 0.29) is 12.3 Å². The van der Waals surface area contributed by atoms with Crippen LogP contribution in [0.4, 0.5) is 5.13 Å². The number of hydrogen-bond donors (Lipinski definition) is 1. The van der Waals surface area contributed by atoms with E-state index in [9.17, 15) is 4.79 Å². The van der Waals surface area contributed by atoms with Crippen LogP contribution in [0.25, 0.3) is 10.2 Å². The summed E-state index contributed by atoms with van der Waals surface area (Å²) >= 11 is 1.36. The summed E-state index contributed by atoms with van der Waals surface area (Å²) in [4.78, 5) is 16.8. The summed E-state index contributed by atoms with van der Waals surface area (Å²) in [5.74, 6) is 2.00. The summed E-state index contributed by atoms with van der Waals surface area (Å²) in [5, 5.41) is 3.36. The average molecular weight is 372 g/mol. The predicted molar refractivity (Wildman–Crippen MR) is 103 cm³/mol. The third-order valence-corrected chi connectivity index (χ3v) is 4.74. The van der Waals surface area contributed by atoms with Crippen molar-refractivity contribution >= 4 is 32.6 Å². The first-order valence-corrected chi connectivity index (χ1v) is 8.99. The number of amides is 1. The van der Waals surface area contributed by atoms with Crippen molar-refractivity contribution in [2.24, 2.45) is 0 Å².